The summed E-state index contributed by atoms with van der Waals surface area (Å²) in [5, 5.41) is 11.6. The number of aryl methyl sites for hydroxylation is 1. The van der Waals surface area contributed by atoms with Crippen molar-refractivity contribution in [1.29, 1.82) is 0 Å². The van der Waals surface area contributed by atoms with E-state index in [0.29, 0.717) is 5.69 Å². The van der Waals surface area contributed by atoms with Crippen LogP contribution in [0.2, 0.25) is 0 Å². The lowest BCUT2D eigenvalue weighted by Crippen LogP contribution is -2.10. The van der Waals surface area contributed by atoms with Crippen LogP contribution in [0.4, 0.5) is 5.69 Å². The van der Waals surface area contributed by atoms with Gasteiger partial charge in [0.1, 0.15) is 5.56 Å². The lowest BCUT2D eigenvalue weighted by molar-refractivity contribution is -0.111. The normalized spacial score (nSPS) is 10.9. The molecule has 0 bridgehead atoms. The maximum Gasteiger partial charge on any atom is 0.339 e. The molecular formula is C13H11BrN2O3S. The van der Waals surface area contributed by atoms with Crippen LogP contribution in [0.3, 0.4) is 0 Å². The van der Waals surface area contributed by atoms with Gasteiger partial charge in [-0.05, 0) is 41.1 Å². The summed E-state index contributed by atoms with van der Waals surface area (Å²) in [5.41, 5.74) is 0.835. The van der Waals surface area contributed by atoms with Crippen LogP contribution in [0.5, 0.6) is 0 Å². The molecule has 0 aliphatic rings. The number of amides is 1. The topological polar surface area (TPSA) is 82.2 Å². The molecule has 0 atom stereocenters. The Labute approximate surface area is 127 Å². The van der Waals surface area contributed by atoms with E-state index in [4.69, 9.17) is 5.11 Å². The zero-order valence-electron chi connectivity index (χ0n) is 10.4. The summed E-state index contributed by atoms with van der Waals surface area (Å²) < 4.78 is 0.979. The molecular weight excluding hydrogens is 344 g/mol. The van der Waals surface area contributed by atoms with E-state index >= 15 is 0 Å². The highest BCUT2D eigenvalue weighted by Crippen LogP contribution is 2.23. The van der Waals surface area contributed by atoms with Crippen molar-refractivity contribution in [3.63, 3.8) is 0 Å². The fraction of sp³-hybridized carbons (Fsp3) is 0.0769. The van der Waals surface area contributed by atoms with Crippen LogP contribution in [-0.4, -0.2) is 22.0 Å². The quantitative estimate of drug-likeness (QED) is 0.734. The highest BCUT2D eigenvalue weighted by Gasteiger charge is 2.16. The Morgan fingerprint density at radius 3 is 2.80 bits per heavy atom. The summed E-state index contributed by atoms with van der Waals surface area (Å²) in [4.78, 5) is 26.5. The molecule has 3 N–H and O–H groups in total. The van der Waals surface area contributed by atoms with Gasteiger partial charge in [-0.1, -0.05) is 0 Å². The van der Waals surface area contributed by atoms with Crippen molar-refractivity contribution in [2.75, 3.05) is 5.32 Å². The zero-order valence-corrected chi connectivity index (χ0v) is 12.8. The minimum atomic E-state index is -1.08. The molecule has 0 aromatic carbocycles. The first-order chi connectivity index (χ1) is 9.47. The van der Waals surface area contributed by atoms with E-state index in [9.17, 15) is 9.59 Å². The third kappa shape index (κ3) is 3.37. The molecule has 0 unspecified atom stereocenters. The van der Waals surface area contributed by atoms with Crippen LogP contribution in [0, 0.1) is 6.92 Å². The molecule has 1 amide bonds. The molecule has 0 saturated heterocycles. The first-order valence-electron chi connectivity index (χ1n) is 5.63. The number of carboxylic acid groups (broad SMARTS) is 1. The number of carbonyl (C=O) groups excluding carboxylic acids is 1. The van der Waals surface area contributed by atoms with E-state index in [1.807, 2.05) is 12.1 Å². The minimum Gasteiger partial charge on any atom is -0.478 e. The van der Waals surface area contributed by atoms with Crippen molar-refractivity contribution in [3.05, 3.63) is 44.3 Å². The van der Waals surface area contributed by atoms with E-state index in [-0.39, 0.29) is 17.2 Å². The van der Waals surface area contributed by atoms with E-state index in [1.165, 1.54) is 23.6 Å². The Morgan fingerprint density at radius 1 is 1.45 bits per heavy atom. The molecule has 0 radical (unpaired) electrons. The van der Waals surface area contributed by atoms with Gasteiger partial charge in [0, 0.05) is 22.8 Å². The highest BCUT2D eigenvalue weighted by molar-refractivity contribution is 9.11. The van der Waals surface area contributed by atoms with Gasteiger partial charge in [0.05, 0.1) is 9.47 Å². The number of aromatic nitrogens is 1. The Kier molecular flexibility index (Phi) is 4.41. The number of nitrogens with one attached hydrogen (secondary N) is 2. The molecule has 7 heteroatoms. The van der Waals surface area contributed by atoms with Crippen LogP contribution in [0.1, 0.15) is 20.9 Å². The van der Waals surface area contributed by atoms with E-state index in [1.54, 1.807) is 13.0 Å². The summed E-state index contributed by atoms with van der Waals surface area (Å²) >= 11 is 4.83. The minimum absolute atomic E-state index is 0.0746. The molecule has 2 heterocycles. The maximum absolute atomic E-state index is 11.8. The second-order valence-electron chi connectivity index (χ2n) is 3.97. The Balaban J connectivity index is 2.09. The van der Waals surface area contributed by atoms with E-state index < -0.39 is 5.97 Å². The number of aromatic carboxylic acids is 1. The van der Waals surface area contributed by atoms with Crippen molar-refractivity contribution in [2.24, 2.45) is 0 Å². The first kappa shape index (κ1) is 14.5. The van der Waals surface area contributed by atoms with E-state index in [2.05, 4.69) is 26.2 Å². The molecule has 2 aromatic rings. The lowest BCUT2D eigenvalue weighted by atomic mass is 10.2. The number of carbonyl (C=O) groups is 2. The fourth-order valence-corrected chi connectivity index (χ4v) is 2.98. The predicted octanol–water partition coefficient (Wildman–Crippen LogP) is 3.50. The summed E-state index contributed by atoms with van der Waals surface area (Å²) in [6.07, 6.45) is 4.50. The van der Waals surface area contributed by atoms with Gasteiger partial charge in [0.15, 0.2) is 0 Å². The van der Waals surface area contributed by atoms with E-state index in [0.717, 1.165) is 8.66 Å². The second-order valence-corrected chi connectivity index (χ2v) is 6.47. The number of halogens is 1. The molecule has 0 spiro atoms. The van der Waals surface area contributed by atoms with Gasteiger partial charge in [0.25, 0.3) is 0 Å². The predicted molar refractivity (Wildman–Crippen MR) is 82.2 cm³/mol. The Hall–Kier alpha value is -1.86. The largest absolute Gasteiger partial charge is 0.478 e. The number of H-pyrrole nitrogens is 1. The number of hydrogen-bond acceptors (Lipinski definition) is 3. The summed E-state index contributed by atoms with van der Waals surface area (Å²) in [6, 6.07) is 3.77. The number of anilines is 1. The van der Waals surface area contributed by atoms with Crippen molar-refractivity contribution in [3.8, 4) is 0 Å². The van der Waals surface area contributed by atoms with Crippen LogP contribution in [0.25, 0.3) is 6.08 Å². The fourth-order valence-electron chi connectivity index (χ4n) is 1.65. The van der Waals surface area contributed by atoms with Crippen molar-refractivity contribution < 1.29 is 14.7 Å². The second kappa shape index (κ2) is 6.06. The van der Waals surface area contributed by atoms with Gasteiger partial charge in [-0.15, -0.1) is 11.3 Å². The first-order valence-corrected chi connectivity index (χ1v) is 7.24. The number of rotatable bonds is 4. The standard InChI is InChI=1S/C13H11BrN2O3S/c1-7-12(13(18)19)9(6-15-7)16-11(17)5-3-8-2-4-10(14)20-8/h2-6,15H,1H3,(H,16,17)(H,18,19)/b5-3+. The summed E-state index contributed by atoms with van der Waals surface area (Å²) in [5.74, 6) is -1.46. The van der Waals surface area contributed by atoms with Crippen LogP contribution >= 0.6 is 27.3 Å². The van der Waals surface area contributed by atoms with Crippen molar-refractivity contribution in [2.45, 2.75) is 6.92 Å². The van der Waals surface area contributed by atoms with Crippen molar-refractivity contribution in [1.82, 2.24) is 4.98 Å². The lowest BCUT2D eigenvalue weighted by Gasteiger charge is -2.01. The number of hydrogen-bond donors (Lipinski definition) is 3. The molecule has 2 rings (SSSR count). The van der Waals surface area contributed by atoms with Crippen LogP contribution in [-0.2, 0) is 4.79 Å². The SMILES string of the molecule is Cc1[nH]cc(NC(=O)/C=C/c2ccc(Br)s2)c1C(=O)O. The zero-order chi connectivity index (χ0) is 14.7. The van der Waals surface area contributed by atoms with Gasteiger partial charge < -0.3 is 15.4 Å². The smallest absolute Gasteiger partial charge is 0.339 e. The molecule has 0 fully saturated rings. The average molecular weight is 355 g/mol. The molecule has 5 nitrogen and oxygen atoms in total. The molecule has 2 aromatic heterocycles. The van der Waals surface area contributed by atoms with Crippen molar-refractivity contribution >= 4 is 50.9 Å². The van der Waals surface area contributed by atoms with Crippen LogP contribution in [0.15, 0.2) is 28.2 Å². The third-order valence-corrected chi connectivity index (χ3v) is 4.13. The monoisotopic (exact) mass is 354 g/mol. The summed E-state index contributed by atoms with van der Waals surface area (Å²) in [7, 11) is 0. The number of aromatic amines is 1. The Bertz CT molecular complexity index is 688. The highest BCUT2D eigenvalue weighted by atomic mass is 79.9. The van der Waals surface area contributed by atoms with Gasteiger partial charge in [-0.2, -0.15) is 0 Å². The molecule has 0 aliphatic carbocycles. The van der Waals surface area contributed by atoms with Gasteiger partial charge in [0.2, 0.25) is 5.91 Å². The van der Waals surface area contributed by atoms with Crippen LogP contribution < -0.4 is 5.32 Å². The van der Waals surface area contributed by atoms with Gasteiger partial charge >= 0.3 is 5.97 Å². The summed E-state index contributed by atoms with van der Waals surface area (Å²) in [6.45, 7) is 1.64. The molecule has 20 heavy (non-hydrogen) atoms. The third-order valence-electron chi connectivity index (χ3n) is 2.54. The maximum atomic E-state index is 11.8. The van der Waals surface area contributed by atoms with Gasteiger partial charge in [-0.25, -0.2) is 4.79 Å². The molecule has 104 valence electrons. The molecule has 0 saturated carbocycles. The van der Waals surface area contributed by atoms with Gasteiger partial charge in [-0.3, -0.25) is 4.79 Å². The number of thiophene rings is 1. The molecule has 0 aliphatic heterocycles. The number of carboxylic acids is 1. The Morgan fingerprint density at radius 2 is 2.20 bits per heavy atom. The average Bonchev–Trinajstić information content (AvgIpc) is 2.93.